The summed E-state index contributed by atoms with van der Waals surface area (Å²) in [5, 5.41) is 11.3. The number of anilines is 1. The Labute approximate surface area is 248 Å². The van der Waals surface area contributed by atoms with Crippen LogP contribution in [0.1, 0.15) is 48.9 Å². The molecule has 2 saturated heterocycles. The second-order valence-corrected chi connectivity index (χ2v) is 13.4. The van der Waals surface area contributed by atoms with Gasteiger partial charge in [-0.05, 0) is 38.7 Å². The van der Waals surface area contributed by atoms with Gasteiger partial charge in [-0.2, -0.15) is 14.7 Å². The van der Waals surface area contributed by atoms with Crippen molar-refractivity contribution in [3.63, 3.8) is 0 Å². The molecular weight excluding hydrogens is 566 g/mol. The summed E-state index contributed by atoms with van der Waals surface area (Å²) in [6, 6.07) is 13.7. The number of sulfone groups is 1. The number of rotatable bonds is 6. The minimum Gasteiger partial charge on any atom is -0.382 e. The van der Waals surface area contributed by atoms with E-state index in [0.717, 1.165) is 35.9 Å². The molecule has 7 rings (SSSR count). The number of pyridine rings is 1. The van der Waals surface area contributed by atoms with E-state index >= 15 is 0 Å². The lowest BCUT2D eigenvalue weighted by molar-refractivity contribution is -0.135. The molecule has 13 heteroatoms. The van der Waals surface area contributed by atoms with E-state index < -0.39 is 9.84 Å². The Morgan fingerprint density at radius 1 is 1.02 bits per heavy atom. The predicted octanol–water partition coefficient (Wildman–Crippen LogP) is 3.35. The van der Waals surface area contributed by atoms with Crippen LogP contribution >= 0.6 is 0 Å². The van der Waals surface area contributed by atoms with Crippen molar-refractivity contribution < 1.29 is 13.2 Å². The lowest BCUT2D eigenvalue weighted by Crippen LogP contribution is -2.47. The van der Waals surface area contributed by atoms with Gasteiger partial charge in [0.15, 0.2) is 15.5 Å². The second-order valence-electron chi connectivity index (χ2n) is 11.4. The van der Waals surface area contributed by atoms with E-state index in [0.29, 0.717) is 41.4 Å². The number of piperidine rings is 1. The zero-order chi connectivity index (χ0) is 29.9. The van der Waals surface area contributed by atoms with E-state index in [1.807, 2.05) is 47.4 Å². The maximum absolute atomic E-state index is 13.3. The van der Waals surface area contributed by atoms with E-state index in [-0.39, 0.29) is 41.0 Å². The van der Waals surface area contributed by atoms with Crippen LogP contribution in [-0.2, 0) is 21.1 Å². The molecule has 1 unspecified atom stereocenters. The highest BCUT2D eigenvalue weighted by Crippen LogP contribution is 2.45. The third-order valence-electron chi connectivity index (χ3n) is 8.55. The van der Waals surface area contributed by atoms with Crippen LogP contribution in [0.25, 0.3) is 28.0 Å². The van der Waals surface area contributed by atoms with Gasteiger partial charge < -0.3 is 10.6 Å². The molecule has 3 atom stereocenters. The molecule has 2 bridgehead atoms. The van der Waals surface area contributed by atoms with Crippen LogP contribution < -0.4 is 5.73 Å². The van der Waals surface area contributed by atoms with Crippen LogP contribution in [0, 0.1) is 6.92 Å². The van der Waals surface area contributed by atoms with E-state index in [4.69, 9.17) is 10.7 Å². The number of nitrogens with one attached hydrogen (secondary N) is 1. The molecule has 0 spiro atoms. The number of nitrogens with zero attached hydrogens (tertiary/aromatic N) is 7. The molecule has 2 aliphatic rings. The minimum atomic E-state index is -3.74. The van der Waals surface area contributed by atoms with Crippen LogP contribution in [0.4, 0.5) is 5.82 Å². The zero-order valence-electron chi connectivity index (χ0n) is 23.8. The molecule has 2 aliphatic heterocycles. The standard InChI is InChI=1S/C30H31N9O3S/c1-17-34-25(37-36-17)14-26(40)38-21-9-10-22(38)13-20(12-21)27-28(43(2,41)42)29(31)39-30(35-27)23(16-33-39)19-8-11-24(32-15-19)18-6-4-3-5-7-18/h3-8,11,15-16,20-22H,9-10,12-14,31H2,1-2H3,(H,34,36,37)/t20-,21-,22?/m0/s1. The molecule has 0 aliphatic carbocycles. The van der Waals surface area contributed by atoms with Gasteiger partial charge in [0.25, 0.3) is 0 Å². The monoisotopic (exact) mass is 597 g/mol. The first kappa shape index (κ1) is 27.2. The summed E-state index contributed by atoms with van der Waals surface area (Å²) < 4.78 is 27.6. The quantitative estimate of drug-likeness (QED) is 0.299. The highest BCUT2D eigenvalue weighted by molar-refractivity contribution is 7.91. The lowest BCUT2D eigenvalue weighted by Gasteiger charge is -2.39. The van der Waals surface area contributed by atoms with Crippen molar-refractivity contribution in [3.05, 3.63) is 72.2 Å². The van der Waals surface area contributed by atoms with Crippen LogP contribution in [0.15, 0.2) is 59.8 Å². The Kier molecular flexibility index (Phi) is 6.49. The highest BCUT2D eigenvalue weighted by Gasteiger charge is 2.45. The van der Waals surface area contributed by atoms with Gasteiger partial charge in [-0.3, -0.25) is 14.9 Å². The molecule has 43 heavy (non-hydrogen) atoms. The molecule has 5 aromatic rings. The molecule has 0 radical (unpaired) electrons. The first-order valence-electron chi connectivity index (χ1n) is 14.3. The maximum Gasteiger partial charge on any atom is 0.230 e. The number of nitrogens with two attached hydrogens (primary N) is 1. The number of amides is 1. The number of carbonyl (C=O) groups excluding carboxylic acids is 1. The molecule has 1 amide bonds. The van der Waals surface area contributed by atoms with Crippen molar-refractivity contribution in [1.82, 2.24) is 39.7 Å². The molecule has 0 saturated carbocycles. The van der Waals surface area contributed by atoms with Gasteiger partial charge in [0.1, 0.15) is 22.4 Å². The van der Waals surface area contributed by atoms with Gasteiger partial charge in [0.05, 0.1) is 24.0 Å². The average molecular weight is 598 g/mol. The summed E-state index contributed by atoms with van der Waals surface area (Å²) >= 11 is 0. The molecule has 6 heterocycles. The third-order valence-corrected chi connectivity index (χ3v) is 9.71. The van der Waals surface area contributed by atoms with Gasteiger partial charge in [-0.25, -0.2) is 18.4 Å². The van der Waals surface area contributed by atoms with Gasteiger partial charge >= 0.3 is 0 Å². The van der Waals surface area contributed by atoms with E-state index in [2.05, 4.69) is 25.3 Å². The minimum absolute atomic E-state index is 0.00196. The first-order valence-corrected chi connectivity index (χ1v) is 16.1. The van der Waals surface area contributed by atoms with Gasteiger partial charge in [-0.15, -0.1) is 0 Å². The lowest BCUT2D eigenvalue weighted by atomic mass is 9.87. The molecular formula is C30H31N9O3S. The van der Waals surface area contributed by atoms with Crippen molar-refractivity contribution in [2.24, 2.45) is 0 Å². The normalized spacial score (nSPS) is 20.1. The molecule has 4 aromatic heterocycles. The Morgan fingerprint density at radius 3 is 2.40 bits per heavy atom. The van der Waals surface area contributed by atoms with Crippen molar-refractivity contribution >= 4 is 27.2 Å². The largest absolute Gasteiger partial charge is 0.382 e. The number of H-pyrrole nitrogens is 1. The fourth-order valence-electron chi connectivity index (χ4n) is 6.72. The smallest absolute Gasteiger partial charge is 0.230 e. The van der Waals surface area contributed by atoms with E-state index in [9.17, 15) is 13.2 Å². The van der Waals surface area contributed by atoms with Crippen LogP contribution in [-0.4, -0.2) is 72.3 Å². The fourth-order valence-corrected chi connectivity index (χ4v) is 7.78. The molecule has 3 N–H and O–H groups in total. The van der Waals surface area contributed by atoms with Crippen molar-refractivity contribution in [2.45, 2.75) is 61.9 Å². The molecule has 12 nitrogen and oxygen atoms in total. The Hall–Kier alpha value is -4.65. The third kappa shape index (κ3) is 4.83. The highest BCUT2D eigenvalue weighted by atomic mass is 32.2. The van der Waals surface area contributed by atoms with E-state index in [1.54, 1.807) is 19.3 Å². The number of benzene rings is 1. The number of aromatic nitrogens is 7. The number of fused-ring (bicyclic) bond motifs is 3. The summed E-state index contributed by atoms with van der Waals surface area (Å²) in [6.07, 6.45) is 7.61. The molecule has 2 fully saturated rings. The van der Waals surface area contributed by atoms with Crippen molar-refractivity contribution in [1.29, 1.82) is 0 Å². The summed E-state index contributed by atoms with van der Waals surface area (Å²) in [4.78, 5) is 29.2. The van der Waals surface area contributed by atoms with Crippen LogP contribution in [0.3, 0.4) is 0 Å². The summed E-state index contributed by atoms with van der Waals surface area (Å²) in [5.41, 5.74) is 10.8. The number of carbonyl (C=O) groups is 1. The zero-order valence-corrected chi connectivity index (χ0v) is 24.6. The number of nitrogen functional groups attached to an aromatic ring is 1. The van der Waals surface area contributed by atoms with Crippen molar-refractivity contribution in [2.75, 3.05) is 12.0 Å². The summed E-state index contributed by atoms with van der Waals surface area (Å²) in [7, 11) is -3.74. The Morgan fingerprint density at radius 2 is 1.77 bits per heavy atom. The fraction of sp³-hybridized carbons (Fsp3) is 0.333. The van der Waals surface area contributed by atoms with Crippen LogP contribution in [0.2, 0.25) is 0 Å². The Balaban J connectivity index is 1.24. The Bertz CT molecular complexity index is 1940. The van der Waals surface area contributed by atoms with Gasteiger partial charge in [0.2, 0.25) is 5.91 Å². The topological polar surface area (TPSA) is 165 Å². The summed E-state index contributed by atoms with van der Waals surface area (Å²) in [6.45, 7) is 1.77. The summed E-state index contributed by atoms with van der Waals surface area (Å²) in [5.74, 6) is 0.987. The van der Waals surface area contributed by atoms with Crippen LogP contribution in [0.5, 0.6) is 0 Å². The SMILES string of the molecule is Cc1n[nH]c(CC(=O)N2C3CC[C@H]2C[C@H](c2nc4c(-c5ccc(-c6ccccc6)nc5)cnn4c(N)c2S(C)(=O)=O)C3)n1. The predicted molar refractivity (Wildman–Crippen MR) is 160 cm³/mol. The van der Waals surface area contributed by atoms with Crippen molar-refractivity contribution in [3.8, 4) is 22.4 Å². The average Bonchev–Trinajstić information content (AvgIpc) is 3.68. The number of aromatic amines is 1. The molecule has 220 valence electrons. The van der Waals surface area contributed by atoms with Gasteiger partial charge in [-0.1, -0.05) is 36.4 Å². The van der Waals surface area contributed by atoms with E-state index in [1.165, 1.54) is 4.52 Å². The number of hydrogen-bond donors (Lipinski definition) is 2. The number of hydrogen-bond acceptors (Lipinski definition) is 9. The second kappa shape index (κ2) is 10.3. The number of aryl methyl sites for hydroxylation is 1. The first-order chi connectivity index (χ1) is 20.7. The molecule has 1 aromatic carbocycles. The maximum atomic E-state index is 13.3. The van der Waals surface area contributed by atoms with Gasteiger partial charge in [0, 0.05) is 47.1 Å².